The molecule has 1 heterocycles. The molecular weight excluding hydrogens is 262 g/mol. The van der Waals surface area contributed by atoms with E-state index >= 15 is 0 Å². The third-order valence-corrected chi connectivity index (χ3v) is 3.25. The molecule has 0 radical (unpaired) electrons. The van der Waals surface area contributed by atoms with Gasteiger partial charge >= 0.3 is 0 Å². The fourth-order valence-corrected chi connectivity index (χ4v) is 1.97. The van der Waals surface area contributed by atoms with E-state index in [1.807, 2.05) is 41.2 Å². The second-order valence-corrected chi connectivity index (χ2v) is 5.60. The lowest BCUT2D eigenvalue weighted by atomic mass is 10.1. The van der Waals surface area contributed by atoms with E-state index in [1.165, 1.54) is 5.56 Å². The van der Waals surface area contributed by atoms with Crippen LogP contribution in [0.25, 0.3) is 5.69 Å². The highest BCUT2D eigenvalue weighted by molar-refractivity contribution is 5.30. The van der Waals surface area contributed by atoms with Crippen molar-refractivity contribution in [2.24, 2.45) is 5.92 Å². The smallest absolute Gasteiger partial charge is 0.0645 e. The standard InChI is InChI=1S/C17H25N3O/c1-15(2)8-10-21-11-9-18-12-16-13-19-20(14-16)17-6-4-3-5-7-17/h3-7,13-15,18H,8-12H2,1-2H3. The lowest BCUT2D eigenvalue weighted by Gasteiger charge is -2.07. The van der Waals surface area contributed by atoms with Crippen LogP contribution in [0.4, 0.5) is 0 Å². The Hall–Kier alpha value is -1.65. The lowest BCUT2D eigenvalue weighted by Crippen LogP contribution is -2.19. The van der Waals surface area contributed by atoms with Crippen molar-refractivity contribution < 1.29 is 4.74 Å². The average Bonchev–Trinajstić information content (AvgIpc) is 2.96. The molecule has 0 amide bonds. The van der Waals surface area contributed by atoms with Gasteiger partial charge in [-0.05, 0) is 24.5 Å². The summed E-state index contributed by atoms with van der Waals surface area (Å²) < 4.78 is 7.47. The topological polar surface area (TPSA) is 39.1 Å². The SMILES string of the molecule is CC(C)CCOCCNCc1cnn(-c2ccccc2)c1. The first kappa shape index (κ1) is 15.7. The first-order chi connectivity index (χ1) is 10.3. The minimum absolute atomic E-state index is 0.710. The zero-order valence-electron chi connectivity index (χ0n) is 13.0. The predicted molar refractivity (Wildman–Crippen MR) is 85.5 cm³/mol. The third kappa shape index (κ3) is 5.69. The van der Waals surface area contributed by atoms with E-state index in [2.05, 4.69) is 30.5 Å². The molecule has 1 N–H and O–H groups in total. The second-order valence-electron chi connectivity index (χ2n) is 5.60. The number of nitrogens with zero attached hydrogens (tertiary/aromatic N) is 2. The Bertz CT molecular complexity index is 508. The van der Waals surface area contributed by atoms with Crippen LogP contribution in [0.2, 0.25) is 0 Å². The van der Waals surface area contributed by atoms with Gasteiger partial charge in [-0.1, -0.05) is 32.0 Å². The number of ether oxygens (including phenoxy) is 1. The van der Waals surface area contributed by atoms with Crippen molar-refractivity contribution in [1.29, 1.82) is 0 Å². The number of benzene rings is 1. The highest BCUT2D eigenvalue weighted by Crippen LogP contribution is 2.07. The molecule has 2 rings (SSSR count). The van der Waals surface area contributed by atoms with Crippen molar-refractivity contribution in [1.82, 2.24) is 15.1 Å². The van der Waals surface area contributed by atoms with Gasteiger partial charge in [0, 0.05) is 31.5 Å². The van der Waals surface area contributed by atoms with Crippen LogP contribution in [0.5, 0.6) is 0 Å². The quantitative estimate of drug-likeness (QED) is 0.721. The van der Waals surface area contributed by atoms with Gasteiger partial charge in [-0.3, -0.25) is 0 Å². The van der Waals surface area contributed by atoms with Crippen LogP contribution in [0.1, 0.15) is 25.8 Å². The Morgan fingerprint density at radius 2 is 2.00 bits per heavy atom. The number of hydrogen-bond donors (Lipinski definition) is 1. The molecule has 0 saturated carbocycles. The maximum Gasteiger partial charge on any atom is 0.0645 e. The lowest BCUT2D eigenvalue weighted by molar-refractivity contribution is 0.125. The Labute approximate surface area is 127 Å². The van der Waals surface area contributed by atoms with Crippen LogP contribution in [-0.4, -0.2) is 29.5 Å². The molecule has 0 spiro atoms. The maximum absolute atomic E-state index is 5.57. The fourth-order valence-electron chi connectivity index (χ4n) is 1.97. The van der Waals surface area contributed by atoms with Crippen molar-refractivity contribution in [3.05, 3.63) is 48.3 Å². The normalized spacial score (nSPS) is 11.2. The van der Waals surface area contributed by atoms with E-state index in [0.29, 0.717) is 5.92 Å². The Balaban J connectivity index is 1.65. The van der Waals surface area contributed by atoms with E-state index in [0.717, 1.165) is 38.4 Å². The summed E-state index contributed by atoms with van der Waals surface area (Å²) in [5, 5.41) is 7.76. The van der Waals surface area contributed by atoms with Gasteiger partial charge in [0.25, 0.3) is 0 Å². The number of rotatable bonds is 9. The number of aromatic nitrogens is 2. The van der Waals surface area contributed by atoms with Crippen LogP contribution in [0, 0.1) is 5.92 Å². The molecule has 0 aliphatic rings. The van der Waals surface area contributed by atoms with Gasteiger partial charge in [0.05, 0.1) is 18.5 Å². The molecule has 2 aromatic rings. The minimum atomic E-state index is 0.710. The Morgan fingerprint density at radius 1 is 1.19 bits per heavy atom. The number of nitrogens with one attached hydrogen (secondary N) is 1. The first-order valence-corrected chi connectivity index (χ1v) is 7.63. The van der Waals surface area contributed by atoms with Gasteiger partial charge in [0.2, 0.25) is 0 Å². The van der Waals surface area contributed by atoms with Gasteiger partial charge < -0.3 is 10.1 Å². The highest BCUT2D eigenvalue weighted by Gasteiger charge is 2.00. The zero-order chi connectivity index (χ0) is 14.9. The van der Waals surface area contributed by atoms with E-state index < -0.39 is 0 Å². The average molecular weight is 287 g/mol. The monoisotopic (exact) mass is 287 g/mol. The Morgan fingerprint density at radius 3 is 2.76 bits per heavy atom. The van der Waals surface area contributed by atoms with Gasteiger partial charge in [-0.25, -0.2) is 4.68 Å². The molecule has 0 atom stereocenters. The summed E-state index contributed by atoms with van der Waals surface area (Å²) in [6.45, 7) is 7.73. The Kier molecular flexibility index (Phi) is 6.44. The summed E-state index contributed by atoms with van der Waals surface area (Å²) in [5.74, 6) is 0.710. The van der Waals surface area contributed by atoms with E-state index in [4.69, 9.17) is 4.74 Å². The third-order valence-electron chi connectivity index (χ3n) is 3.25. The fraction of sp³-hybridized carbons (Fsp3) is 0.471. The molecule has 0 fully saturated rings. The van der Waals surface area contributed by atoms with Crippen molar-refractivity contribution >= 4 is 0 Å². The largest absolute Gasteiger partial charge is 0.380 e. The van der Waals surface area contributed by atoms with Crippen LogP contribution < -0.4 is 5.32 Å². The van der Waals surface area contributed by atoms with E-state index in [-0.39, 0.29) is 0 Å². The van der Waals surface area contributed by atoms with Crippen LogP contribution in [0.15, 0.2) is 42.7 Å². The predicted octanol–water partition coefficient (Wildman–Crippen LogP) is 3.02. The molecule has 0 saturated heterocycles. The molecule has 114 valence electrons. The van der Waals surface area contributed by atoms with Gasteiger partial charge in [-0.2, -0.15) is 5.10 Å². The molecule has 0 bridgehead atoms. The highest BCUT2D eigenvalue weighted by atomic mass is 16.5. The van der Waals surface area contributed by atoms with E-state index in [1.54, 1.807) is 0 Å². The van der Waals surface area contributed by atoms with Gasteiger partial charge in [-0.15, -0.1) is 0 Å². The maximum atomic E-state index is 5.57. The molecule has 4 nitrogen and oxygen atoms in total. The van der Waals surface area contributed by atoms with Gasteiger partial charge in [0.15, 0.2) is 0 Å². The van der Waals surface area contributed by atoms with Crippen LogP contribution >= 0.6 is 0 Å². The van der Waals surface area contributed by atoms with Crippen molar-refractivity contribution in [3.63, 3.8) is 0 Å². The molecular formula is C17H25N3O. The molecule has 1 aromatic carbocycles. The van der Waals surface area contributed by atoms with Crippen molar-refractivity contribution in [2.45, 2.75) is 26.8 Å². The molecule has 4 heteroatoms. The van der Waals surface area contributed by atoms with Crippen LogP contribution in [-0.2, 0) is 11.3 Å². The van der Waals surface area contributed by atoms with Crippen LogP contribution in [0.3, 0.4) is 0 Å². The molecule has 1 aromatic heterocycles. The van der Waals surface area contributed by atoms with Crippen molar-refractivity contribution in [3.8, 4) is 5.69 Å². The summed E-state index contributed by atoms with van der Waals surface area (Å²) in [6.07, 6.45) is 5.09. The minimum Gasteiger partial charge on any atom is -0.380 e. The summed E-state index contributed by atoms with van der Waals surface area (Å²) in [6, 6.07) is 10.1. The summed E-state index contributed by atoms with van der Waals surface area (Å²) in [4.78, 5) is 0. The second kappa shape index (κ2) is 8.60. The number of para-hydroxylation sites is 1. The summed E-state index contributed by atoms with van der Waals surface area (Å²) in [5.41, 5.74) is 2.27. The number of hydrogen-bond acceptors (Lipinski definition) is 3. The first-order valence-electron chi connectivity index (χ1n) is 7.63. The van der Waals surface area contributed by atoms with Gasteiger partial charge in [0.1, 0.15) is 0 Å². The van der Waals surface area contributed by atoms with Crippen molar-refractivity contribution in [2.75, 3.05) is 19.8 Å². The molecule has 21 heavy (non-hydrogen) atoms. The molecule has 0 aliphatic carbocycles. The molecule has 0 unspecified atom stereocenters. The van der Waals surface area contributed by atoms with E-state index in [9.17, 15) is 0 Å². The summed E-state index contributed by atoms with van der Waals surface area (Å²) >= 11 is 0. The zero-order valence-corrected chi connectivity index (χ0v) is 13.0. The summed E-state index contributed by atoms with van der Waals surface area (Å²) in [7, 11) is 0. The molecule has 0 aliphatic heterocycles.